The van der Waals surface area contributed by atoms with Crippen LogP contribution in [0.3, 0.4) is 0 Å². The van der Waals surface area contributed by atoms with E-state index in [1.54, 1.807) is 35.5 Å². The van der Waals surface area contributed by atoms with Gasteiger partial charge in [-0.1, -0.05) is 15.9 Å². The zero-order chi connectivity index (χ0) is 15.6. The van der Waals surface area contributed by atoms with Gasteiger partial charge >= 0.3 is 0 Å². The predicted octanol–water partition coefficient (Wildman–Crippen LogP) is 3.11. The summed E-state index contributed by atoms with van der Waals surface area (Å²) < 4.78 is 2.57. The molecule has 0 saturated carbocycles. The largest absolute Gasteiger partial charge is 0.337 e. The zero-order valence-electron chi connectivity index (χ0n) is 11.8. The van der Waals surface area contributed by atoms with Crippen molar-refractivity contribution < 1.29 is 0 Å². The Labute approximate surface area is 139 Å². The van der Waals surface area contributed by atoms with E-state index in [2.05, 4.69) is 46.3 Å². The van der Waals surface area contributed by atoms with Crippen molar-refractivity contribution in [2.24, 2.45) is 0 Å². The molecule has 0 radical (unpaired) electrons. The third kappa shape index (κ3) is 2.76. The van der Waals surface area contributed by atoms with E-state index in [4.69, 9.17) is 0 Å². The molecule has 0 bridgehead atoms. The Bertz CT molecular complexity index is 968. The molecule has 0 aliphatic heterocycles. The molecule has 1 N–H and O–H groups in total. The number of nitrogens with zero attached hydrogens (tertiary/aromatic N) is 6. The van der Waals surface area contributed by atoms with E-state index >= 15 is 0 Å². The van der Waals surface area contributed by atoms with Gasteiger partial charge in [0.1, 0.15) is 12.1 Å². The van der Waals surface area contributed by atoms with Crippen LogP contribution in [0.4, 0.5) is 11.5 Å². The molecule has 4 rings (SSSR count). The number of fused-ring (bicyclic) bond motifs is 1. The molecule has 7 nitrogen and oxygen atoms in total. The van der Waals surface area contributed by atoms with Crippen LogP contribution >= 0.6 is 15.9 Å². The second kappa shape index (κ2) is 5.73. The van der Waals surface area contributed by atoms with Gasteiger partial charge in [0.2, 0.25) is 5.95 Å². The first-order chi connectivity index (χ1) is 11.3. The summed E-state index contributed by atoms with van der Waals surface area (Å²) in [6.45, 7) is 0. The third-order valence-electron chi connectivity index (χ3n) is 3.20. The van der Waals surface area contributed by atoms with Gasteiger partial charge in [0.25, 0.3) is 0 Å². The molecule has 0 amide bonds. The number of benzene rings is 1. The van der Waals surface area contributed by atoms with Crippen LogP contribution in [0.15, 0.2) is 59.9 Å². The number of anilines is 2. The van der Waals surface area contributed by atoms with Crippen LogP contribution in [0.2, 0.25) is 0 Å². The van der Waals surface area contributed by atoms with E-state index in [9.17, 15) is 0 Å². The third-order valence-corrected chi connectivity index (χ3v) is 3.69. The Balaban J connectivity index is 1.69. The van der Waals surface area contributed by atoms with Gasteiger partial charge in [-0.3, -0.25) is 0 Å². The van der Waals surface area contributed by atoms with Crippen molar-refractivity contribution >= 4 is 38.3 Å². The summed E-state index contributed by atoms with van der Waals surface area (Å²) in [6.07, 6.45) is 8.38. The first-order valence-corrected chi connectivity index (χ1v) is 7.58. The standard InChI is InChI=1S/C15H10BrN7/c16-10-2-3-13-12(6-10)14(20-9-19-13)22-11-7-21-23(8-11)15-17-4-1-5-18-15/h1-9H,(H,19,20,22). The number of halogens is 1. The van der Waals surface area contributed by atoms with Crippen molar-refractivity contribution in [1.29, 1.82) is 0 Å². The molecular formula is C15H10BrN7. The highest BCUT2D eigenvalue weighted by atomic mass is 79.9. The van der Waals surface area contributed by atoms with Crippen LogP contribution in [-0.2, 0) is 0 Å². The van der Waals surface area contributed by atoms with E-state index < -0.39 is 0 Å². The normalized spacial score (nSPS) is 10.8. The molecule has 0 atom stereocenters. The van der Waals surface area contributed by atoms with E-state index in [0.717, 1.165) is 21.1 Å². The van der Waals surface area contributed by atoms with Crippen LogP contribution in [0.1, 0.15) is 0 Å². The molecule has 112 valence electrons. The summed E-state index contributed by atoms with van der Waals surface area (Å²) >= 11 is 3.47. The Hall–Kier alpha value is -2.87. The van der Waals surface area contributed by atoms with Gasteiger partial charge in [-0.2, -0.15) is 5.10 Å². The maximum absolute atomic E-state index is 4.31. The average molecular weight is 368 g/mol. The van der Waals surface area contributed by atoms with E-state index in [1.165, 1.54) is 6.33 Å². The van der Waals surface area contributed by atoms with E-state index in [-0.39, 0.29) is 0 Å². The van der Waals surface area contributed by atoms with Gasteiger partial charge in [0.05, 0.1) is 23.6 Å². The van der Waals surface area contributed by atoms with Crippen LogP contribution in [0, 0.1) is 0 Å². The summed E-state index contributed by atoms with van der Waals surface area (Å²) in [7, 11) is 0. The second-order valence-electron chi connectivity index (χ2n) is 4.73. The molecular weight excluding hydrogens is 358 g/mol. The Morgan fingerprint density at radius 3 is 2.78 bits per heavy atom. The van der Waals surface area contributed by atoms with Crippen LogP contribution < -0.4 is 5.32 Å². The van der Waals surface area contributed by atoms with Gasteiger partial charge in [0, 0.05) is 22.3 Å². The molecule has 1 aromatic carbocycles. The van der Waals surface area contributed by atoms with Crippen molar-refractivity contribution in [3.63, 3.8) is 0 Å². The number of nitrogens with one attached hydrogen (secondary N) is 1. The molecule has 0 saturated heterocycles. The molecule has 4 aromatic rings. The fraction of sp³-hybridized carbons (Fsp3) is 0. The average Bonchev–Trinajstić information content (AvgIpc) is 3.05. The minimum atomic E-state index is 0.510. The maximum Gasteiger partial charge on any atom is 0.250 e. The van der Waals surface area contributed by atoms with Gasteiger partial charge in [-0.15, -0.1) is 0 Å². The van der Waals surface area contributed by atoms with E-state index in [1.807, 2.05) is 18.2 Å². The predicted molar refractivity (Wildman–Crippen MR) is 89.7 cm³/mol. The molecule has 0 aliphatic carbocycles. The highest BCUT2D eigenvalue weighted by Crippen LogP contribution is 2.25. The Morgan fingerprint density at radius 2 is 1.91 bits per heavy atom. The summed E-state index contributed by atoms with van der Waals surface area (Å²) in [5.74, 6) is 1.22. The smallest absolute Gasteiger partial charge is 0.250 e. The van der Waals surface area contributed by atoms with Crippen LogP contribution in [0.25, 0.3) is 16.9 Å². The molecule has 0 spiro atoms. The second-order valence-corrected chi connectivity index (χ2v) is 5.65. The fourth-order valence-corrected chi connectivity index (χ4v) is 2.53. The van der Waals surface area contributed by atoms with Gasteiger partial charge in [-0.05, 0) is 24.3 Å². The lowest BCUT2D eigenvalue weighted by Crippen LogP contribution is -2.00. The Kier molecular flexibility index (Phi) is 3.43. The van der Waals surface area contributed by atoms with Crippen molar-refractivity contribution in [1.82, 2.24) is 29.7 Å². The number of aromatic nitrogens is 6. The van der Waals surface area contributed by atoms with Crippen molar-refractivity contribution in [2.75, 3.05) is 5.32 Å². The highest BCUT2D eigenvalue weighted by molar-refractivity contribution is 9.10. The lowest BCUT2D eigenvalue weighted by molar-refractivity contribution is 0.808. The lowest BCUT2D eigenvalue weighted by Gasteiger charge is -2.06. The molecule has 0 fully saturated rings. The molecule has 0 unspecified atom stereocenters. The van der Waals surface area contributed by atoms with Gasteiger partial charge in [-0.25, -0.2) is 24.6 Å². The quantitative estimate of drug-likeness (QED) is 0.599. The van der Waals surface area contributed by atoms with Crippen molar-refractivity contribution in [3.8, 4) is 5.95 Å². The van der Waals surface area contributed by atoms with E-state index in [0.29, 0.717) is 11.8 Å². The van der Waals surface area contributed by atoms with Crippen molar-refractivity contribution in [3.05, 3.63) is 59.9 Å². The number of hydrogen-bond acceptors (Lipinski definition) is 6. The SMILES string of the molecule is Brc1ccc2ncnc(Nc3cnn(-c4ncccn4)c3)c2c1. The Morgan fingerprint density at radius 1 is 1.04 bits per heavy atom. The highest BCUT2D eigenvalue weighted by Gasteiger charge is 2.07. The van der Waals surface area contributed by atoms with Crippen molar-refractivity contribution in [2.45, 2.75) is 0 Å². The molecule has 3 heterocycles. The summed E-state index contributed by atoms with van der Waals surface area (Å²) in [5.41, 5.74) is 1.65. The summed E-state index contributed by atoms with van der Waals surface area (Å²) in [5, 5.41) is 8.43. The topological polar surface area (TPSA) is 81.4 Å². The monoisotopic (exact) mass is 367 g/mol. The fourth-order valence-electron chi connectivity index (χ4n) is 2.17. The van der Waals surface area contributed by atoms with Gasteiger partial charge in [0.15, 0.2) is 0 Å². The molecule has 8 heteroatoms. The zero-order valence-corrected chi connectivity index (χ0v) is 13.3. The minimum absolute atomic E-state index is 0.510. The molecule has 23 heavy (non-hydrogen) atoms. The van der Waals surface area contributed by atoms with Crippen LogP contribution in [-0.4, -0.2) is 29.7 Å². The molecule has 0 aliphatic rings. The minimum Gasteiger partial charge on any atom is -0.337 e. The molecule has 3 aromatic heterocycles. The summed E-state index contributed by atoms with van der Waals surface area (Å²) in [6, 6.07) is 7.62. The number of hydrogen-bond donors (Lipinski definition) is 1. The number of rotatable bonds is 3. The van der Waals surface area contributed by atoms with Gasteiger partial charge < -0.3 is 5.32 Å². The summed E-state index contributed by atoms with van der Waals surface area (Å²) in [4.78, 5) is 16.9. The first-order valence-electron chi connectivity index (χ1n) is 6.79. The lowest BCUT2D eigenvalue weighted by atomic mass is 10.2. The van der Waals surface area contributed by atoms with Crippen LogP contribution in [0.5, 0.6) is 0 Å². The first kappa shape index (κ1) is 13.8. The maximum atomic E-state index is 4.31.